The van der Waals surface area contributed by atoms with E-state index < -0.39 is 0 Å². The molecule has 2 aliphatic heterocycles. The maximum Gasteiger partial charge on any atom is 0.223 e. The highest BCUT2D eigenvalue weighted by Gasteiger charge is 2.27. The second-order valence-corrected chi connectivity index (χ2v) is 12.7. The maximum absolute atomic E-state index is 12.7. The molecule has 7 nitrogen and oxygen atoms in total. The number of benzene rings is 1. The van der Waals surface area contributed by atoms with Gasteiger partial charge in [-0.15, -0.1) is 0 Å². The number of anilines is 2. The minimum atomic E-state index is 0.280. The van der Waals surface area contributed by atoms with Crippen molar-refractivity contribution in [2.75, 3.05) is 68.8 Å². The summed E-state index contributed by atoms with van der Waals surface area (Å²) in [5.74, 6) is 3.59. The molecular formula is C34H49N5O2. The predicted octanol–water partition coefficient (Wildman–Crippen LogP) is 5.35. The Morgan fingerprint density at radius 2 is 1.44 bits per heavy atom. The minimum Gasteiger partial charge on any atom is -0.378 e. The summed E-state index contributed by atoms with van der Waals surface area (Å²) < 4.78 is 5.60. The van der Waals surface area contributed by atoms with Crippen LogP contribution in [0.25, 0.3) is 11.1 Å². The third-order valence-corrected chi connectivity index (χ3v) is 9.96. The van der Waals surface area contributed by atoms with Crippen LogP contribution < -0.4 is 15.1 Å². The Morgan fingerprint density at radius 3 is 2.12 bits per heavy atom. The molecule has 3 heterocycles. The molecule has 0 bridgehead atoms. The van der Waals surface area contributed by atoms with E-state index in [0.717, 1.165) is 95.7 Å². The second kappa shape index (κ2) is 14.0. The van der Waals surface area contributed by atoms with Gasteiger partial charge in [0.2, 0.25) is 5.91 Å². The van der Waals surface area contributed by atoms with Crippen LogP contribution in [0.3, 0.4) is 0 Å². The Labute approximate surface area is 246 Å². The van der Waals surface area contributed by atoms with Crippen molar-refractivity contribution in [1.29, 1.82) is 0 Å². The van der Waals surface area contributed by atoms with Gasteiger partial charge in [-0.3, -0.25) is 9.69 Å². The molecule has 0 radical (unpaired) electrons. The lowest BCUT2D eigenvalue weighted by molar-refractivity contribution is -0.126. The fourth-order valence-corrected chi connectivity index (χ4v) is 7.26. The molecule has 0 unspecified atom stereocenters. The van der Waals surface area contributed by atoms with Crippen molar-refractivity contribution < 1.29 is 9.53 Å². The zero-order valence-corrected chi connectivity index (χ0v) is 24.8. The van der Waals surface area contributed by atoms with Crippen molar-refractivity contribution in [2.45, 2.75) is 70.3 Å². The molecule has 6 rings (SSSR count). The third kappa shape index (κ3) is 7.61. The molecule has 1 N–H and O–H groups in total. The minimum absolute atomic E-state index is 0.280. The van der Waals surface area contributed by atoms with Crippen LogP contribution in [0.2, 0.25) is 0 Å². The van der Waals surface area contributed by atoms with Gasteiger partial charge in [-0.05, 0) is 80.7 Å². The normalized spacial score (nSPS) is 24.8. The largest absolute Gasteiger partial charge is 0.378 e. The van der Waals surface area contributed by atoms with Crippen LogP contribution in [0.1, 0.15) is 64.2 Å². The van der Waals surface area contributed by atoms with Gasteiger partial charge in [-0.2, -0.15) is 0 Å². The molecule has 2 saturated carbocycles. The molecule has 4 aliphatic rings. The molecule has 222 valence electrons. The van der Waals surface area contributed by atoms with E-state index in [2.05, 4.69) is 62.5 Å². The van der Waals surface area contributed by atoms with Gasteiger partial charge in [0.1, 0.15) is 11.6 Å². The summed E-state index contributed by atoms with van der Waals surface area (Å²) in [6.45, 7) is 8.74. The molecule has 2 saturated heterocycles. The lowest BCUT2D eigenvalue weighted by atomic mass is 9.83. The molecule has 1 aromatic heterocycles. The number of piperazine rings is 1. The summed E-state index contributed by atoms with van der Waals surface area (Å²) >= 11 is 0. The highest BCUT2D eigenvalue weighted by molar-refractivity contribution is 5.79. The summed E-state index contributed by atoms with van der Waals surface area (Å²) in [6.07, 6.45) is 12.1. The molecule has 4 fully saturated rings. The first-order valence-electron chi connectivity index (χ1n) is 16.4. The number of rotatable bonds is 8. The monoisotopic (exact) mass is 559 g/mol. The van der Waals surface area contributed by atoms with Crippen LogP contribution in [-0.2, 0) is 9.53 Å². The lowest BCUT2D eigenvalue weighted by Crippen LogP contribution is -2.47. The van der Waals surface area contributed by atoms with E-state index in [1.165, 1.54) is 56.2 Å². The van der Waals surface area contributed by atoms with Gasteiger partial charge in [0.15, 0.2) is 0 Å². The van der Waals surface area contributed by atoms with E-state index in [1.54, 1.807) is 0 Å². The number of ether oxygens (including phenoxy) is 1. The fraction of sp³-hybridized carbons (Fsp3) is 0.647. The number of hydrogen-bond acceptors (Lipinski definition) is 6. The third-order valence-electron chi connectivity index (χ3n) is 9.96. The Balaban J connectivity index is 0.980. The van der Waals surface area contributed by atoms with Gasteiger partial charge < -0.3 is 19.9 Å². The number of carbonyl (C=O) groups is 1. The van der Waals surface area contributed by atoms with E-state index in [9.17, 15) is 4.79 Å². The fourth-order valence-electron chi connectivity index (χ4n) is 7.26. The molecule has 41 heavy (non-hydrogen) atoms. The second-order valence-electron chi connectivity index (χ2n) is 12.7. The Kier molecular flexibility index (Phi) is 9.74. The highest BCUT2D eigenvalue weighted by Crippen LogP contribution is 2.31. The number of nitrogens with one attached hydrogen (secondary N) is 1. The number of nitrogens with zero attached hydrogens (tertiary/aromatic N) is 4. The van der Waals surface area contributed by atoms with Crippen LogP contribution in [0.15, 0.2) is 42.5 Å². The molecule has 1 aromatic carbocycles. The number of amides is 1. The van der Waals surface area contributed by atoms with E-state index in [1.807, 2.05) is 0 Å². The van der Waals surface area contributed by atoms with Gasteiger partial charge in [-0.25, -0.2) is 4.98 Å². The van der Waals surface area contributed by atoms with Gasteiger partial charge in [0.05, 0.1) is 13.2 Å². The summed E-state index contributed by atoms with van der Waals surface area (Å²) in [5, 5.41) is 3.40. The van der Waals surface area contributed by atoms with Crippen molar-refractivity contribution >= 4 is 17.5 Å². The van der Waals surface area contributed by atoms with E-state index in [-0.39, 0.29) is 5.92 Å². The maximum atomic E-state index is 12.7. The number of aromatic nitrogens is 1. The van der Waals surface area contributed by atoms with Crippen LogP contribution in [0.4, 0.5) is 11.6 Å². The number of hydrogen-bond donors (Lipinski definition) is 1. The van der Waals surface area contributed by atoms with E-state index in [0.29, 0.717) is 11.9 Å². The topological polar surface area (TPSA) is 60.9 Å². The first-order chi connectivity index (χ1) is 20.2. The Morgan fingerprint density at radius 1 is 0.780 bits per heavy atom. The van der Waals surface area contributed by atoms with Crippen LogP contribution in [-0.4, -0.2) is 80.9 Å². The number of pyridine rings is 1. The molecule has 0 atom stereocenters. The molecule has 2 aromatic rings. The van der Waals surface area contributed by atoms with Gasteiger partial charge in [-0.1, -0.05) is 49.6 Å². The lowest BCUT2D eigenvalue weighted by Gasteiger charge is -2.37. The smallest absolute Gasteiger partial charge is 0.223 e. The van der Waals surface area contributed by atoms with Crippen LogP contribution in [0, 0.1) is 11.8 Å². The predicted molar refractivity (Wildman–Crippen MR) is 166 cm³/mol. The van der Waals surface area contributed by atoms with E-state index in [4.69, 9.17) is 9.72 Å². The SMILES string of the molecule is O=C(NC1CCC(CCN2CCN(c3cc(-c4ccccc4)cc(N4CCOCC4)n3)CC2)CC1)C1CCCCC1. The van der Waals surface area contributed by atoms with Gasteiger partial charge in [0.25, 0.3) is 0 Å². The molecule has 0 spiro atoms. The Hall–Kier alpha value is -2.64. The Bertz CT molecular complexity index is 1100. The first kappa shape index (κ1) is 28.5. The zero-order valence-electron chi connectivity index (χ0n) is 24.8. The van der Waals surface area contributed by atoms with Crippen molar-refractivity contribution in [3.05, 3.63) is 42.5 Å². The molecule has 7 heteroatoms. The standard InChI is InChI=1S/C34H49N5O2/c40-34(29-9-5-2-6-10-29)35-31-13-11-27(12-14-31)15-16-37-17-19-38(20-18-37)32-25-30(28-7-3-1-4-8-28)26-33(36-32)39-21-23-41-24-22-39/h1,3-4,7-8,25-27,29,31H,2,5-6,9-24H2,(H,35,40). The average molecular weight is 560 g/mol. The summed E-state index contributed by atoms with van der Waals surface area (Å²) in [6, 6.07) is 15.6. The average Bonchev–Trinajstić information content (AvgIpc) is 3.06. The van der Waals surface area contributed by atoms with Gasteiger partial charge >= 0.3 is 0 Å². The van der Waals surface area contributed by atoms with Crippen LogP contribution >= 0.6 is 0 Å². The van der Waals surface area contributed by atoms with E-state index >= 15 is 0 Å². The highest BCUT2D eigenvalue weighted by atomic mass is 16.5. The van der Waals surface area contributed by atoms with Crippen LogP contribution in [0.5, 0.6) is 0 Å². The molecular weight excluding hydrogens is 510 g/mol. The zero-order chi connectivity index (χ0) is 27.9. The van der Waals surface area contributed by atoms with Crippen molar-refractivity contribution in [2.24, 2.45) is 11.8 Å². The summed E-state index contributed by atoms with van der Waals surface area (Å²) in [4.78, 5) is 25.3. The first-order valence-corrected chi connectivity index (χ1v) is 16.4. The van der Waals surface area contributed by atoms with Crippen molar-refractivity contribution in [3.8, 4) is 11.1 Å². The summed E-state index contributed by atoms with van der Waals surface area (Å²) in [5.41, 5.74) is 2.48. The van der Waals surface area contributed by atoms with Gasteiger partial charge in [0, 0.05) is 51.2 Å². The summed E-state index contributed by atoms with van der Waals surface area (Å²) in [7, 11) is 0. The number of carbonyl (C=O) groups excluding carboxylic acids is 1. The van der Waals surface area contributed by atoms with Crippen molar-refractivity contribution in [3.63, 3.8) is 0 Å². The van der Waals surface area contributed by atoms with Crippen molar-refractivity contribution in [1.82, 2.24) is 15.2 Å². The quantitative estimate of drug-likeness (QED) is 0.470. The molecule has 2 aliphatic carbocycles. The number of morpholine rings is 1. The molecule has 1 amide bonds.